The van der Waals surface area contributed by atoms with Crippen molar-refractivity contribution in [1.29, 1.82) is 0 Å². The van der Waals surface area contributed by atoms with Crippen LogP contribution in [0.15, 0.2) is 54.6 Å². The predicted molar refractivity (Wildman–Crippen MR) is 100 cm³/mol. The van der Waals surface area contributed by atoms with Gasteiger partial charge in [-0.05, 0) is 18.6 Å². The van der Waals surface area contributed by atoms with Crippen LogP contribution in [0.5, 0.6) is 5.75 Å². The first-order valence-electron chi connectivity index (χ1n) is 8.19. The van der Waals surface area contributed by atoms with Crippen LogP contribution in [0.25, 0.3) is 0 Å². The van der Waals surface area contributed by atoms with Gasteiger partial charge in [-0.15, -0.1) is 0 Å². The number of ether oxygens (including phenoxy) is 1. The summed E-state index contributed by atoms with van der Waals surface area (Å²) in [4.78, 5) is 34.7. The van der Waals surface area contributed by atoms with Crippen molar-refractivity contribution < 1.29 is 19.2 Å². The molecule has 7 heteroatoms. The van der Waals surface area contributed by atoms with Crippen LogP contribution < -0.4 is 4.74 Å². The normalized spacial score (nSPS) is 11.6. The van der Waals surface area contributed by atoms with Crippen molar-refractivity contribution in [2.24, 2.45) is 5.92 Å². The molecule has 2 aromatic rings. The van der Waals surface area contributed by atoms with Gasteiger partial charge in [0.25, 0.3) is 5.69 Å². The van der Waals surface area contributed by atoms with Crippen molar-refractivity contribution in [2.75, 3.05) is 5.75 Å². The Hall–Kier alpha value is -2.67. The van der Waals surface area contributed by atoms with Gasteiger partial charge >= 0.3 is 5.97 Å². The summed E-state index contributed by atoms with van der Waals surface area (Å²) in [6.07, 6.45) is 1.38. The average Bonchev–Trinajstić information content (AvgIpc) is 2.65. The van der Waals surface area contributed by atoms with Crippen LogP contribution >= 0.6 is 11.8 Å². The maximum absolute atomic E-state index is 12.4. The second kappa shape index (κ2) is 9.72. The fraction of sp³-hybridized carbons (Fsp3) is 0.263. The number of esters is 1. The minimum atomic E-state index is -0.517. The van der Waals surface area contributed by atoms with Crippen molar-refractivity contribution in [3.8, 4) is 5.75 Å². The molecule has 0 saturated carbocycles. The Kier molecular flexibility index (Phi) is 7.35. The molecule has 6 nitrogen and oxygen atoms in total. The third kappa shape index (κ3) is 5.70. The molecule has 2 aromatic carbocycles. The molecule has 0 N–H and O–H groups in total. The van der Waals surface area contributed by atoms with Gasteiger partial charge in [-0.2, -0.15) is 0 Å². The molecule has 0 amide bonds. The molecule has 0 aliphatic rings. The van der Waals surface area contributed by atoms with Crippen LogP contribution in [0.2, 0.25) is 0 Å². The molecule has 0 aliphatic heterocycles. The first-order chi connectivity index (χ1) is 12.5. The van der Waals surface area contributed by atoms with Crippen LogP contribution in [0, 0.1) is 16.0 Å². The zero-order valence-electron chi connectivity index (χ0n) is 14.3. The Morgan fingerprint density at radius 1 is 1.12 bits per heavy atom. The highest BCUT2D eigenvalue weighted by atomic mass is 32.2. The monoisotopic (exact) mass is 373 g/mol. The maximum atomic E-state index is 12.4. The Balaban J connectivity index is 1.96. The summed E-state index contributed by atoms with van der Waals surface area (Å²) in [5.74, 6) is -0.282. The van der Waals surface area contributed by atoms with E-state index in [4.69, 9.17) is 4.74 Å². The zero-order valence-corrected chi connectivity index (χ0v) is 15.1. The van der Waals surface area contributed by atoms with E-state index in [1.165, 1.54) is 24.3 Å². The summed E-state index contributed by atoms with van der Waals surface area (Å²) in [5.41, 5.74) is 0.524. The van der Waals surface area contributed by atoms with Crippen LogP contribution in [-0.2, 0) is 4.79 Å². The second-order valence-electron chi connectivity index (χ2n) is 5.62. The van der Waals surface area contributed by atoms with Gasteiger partial charge in [-0.1, -0.05) is 55.4 Å². The van der Waals surface area contributed by atoms with E-state index in [1.807, 2.05) is 13.0 Å². The summed E-state index contributed by atoms with van der Waals surface area (Å²) in [5, 5.41) is 10.6. The van der Waals surface area contributed by atoms with Crippen molar-refractivity contribution in [1.82, 2.24) is 0 Å². The van der Waals surface area contributed by atoms with Gasteiger partial charge in [0.1, 0.15) is 5.75 Å². The number of nitro benzene ring substituents is 1. The molecule has 0 heterocycles. The molecule has 1 atom stereocenters. The van der Waals surface area contributed by atoms with Gasteiger partial charge in [0.2, 0.25) is 5.12 Å². The van der Waals surface area contributed by atoms with Crippen LogP contribution in [0.3, 0.4) is 0 Å². The molecule has 0 aliphatic carbocycles. The lowest BCUT2D eigenvalue weighted by Gasteiger charge is -2.14. The average molecular weight is 373 g/mol. The number of nitro groups is 1. The summed E-state index contributed by atoms with van der Waals surface area (Å²) < 4.78 is 5.32. The van der Waals surface area contributed by atoms with Crippen LogP contribution in [-0.4, -0.2) is 21.8 Å². The van der Waals surface area contributed by atoms with Crippen LogP contribution in [0.4, 0.5) is 5.69 Å². The third-order valence-electron chi connectivity index (χ3n) is 3.66. The first-order valence-corrected chi connectivity index (χ1v) is 9.18. The standard InChI is InChI=1S/C19H19NO5S/c1-2-6-15(13-26-19(22)14-7-4-3-5-8-14)18(21)25-17-11-9-16(10-12-17)20(23)24/h3-5,7-12,15H,2,6,13H2,1H3. The molecule has 26 heavy (non-hydrogen) atoms. The molecule has 0 fully saturated rings. The number of nitrogens with zero attached hydrogens (tertiary/aromatic N) is 1. The highest BCUT2D eigenvalue weighted by molar-refractivity contribution is 8.14. The molecule has 0 bridgehead atoms. The number of non-ortho nitro benzene ring substituents is 1. The third-order valence-corrected chi connectivity index (χ3v) is 4.73. The van der Waals surface area contributed by atoms with E-state index in [9.17, 15) is 19.7 Å². The zero-order chi connectivity index (χ0) is 18.9. The van der Waals surface area contributed by atoms with Gasteiger partial charge in [-0.25, -0.2) is 0 Å². The largest absolute Gasteiger partial charge is 0.426 e. The number of hydrogen-bond donors (Lipinski definition) is 0. The molecule has 0 spiro atoms. The molecule has 2 rings (SSSR count). The van der Waals surface area contributed by atoms with E-state index in [0.717, 1.165) is 18.2 Å². The summed E-state index contributed by atoms with van der Waals surface area (Å²) in [7, 11) is 0. The summed E-state index contributed by atoms with van der Waals surface area (Å²) in [6.45, 7) is 1.95. The number of hydrogen-bond acceptors (Lipinski definition) is 6. The molecule has 0 radical (unpaired) electrons. The Morgan fingerprint density at radius 3 is 2.35 bits per heavy atom. The predicted octanol–water partition coefficient (Wildman–Crippen LogP) is 4.49. The molecular formula is C19H19NO5S. The van der Waals surface area contributed by atoms with E-state index < -0.39 is 16.8 Å². The van der Waals surface area contributed by atoms with E-state index in [2.05, 4.69) is 0 Å². The van der Waals surface area contributed by atoms with Gasteiger partial charge in [0.05, 0.1) is 10.8 Å². The molecular weight excluding hydrogens is 354 g/mol. The smallest absolute Gasteiger partial charge is 0.315 e. The van der Waals surface area contributed by atoms with Gasteiger partial charge < -0.3 is 4.74 Å². The summed E-state index contributed by atoms with van der Waals surface area (Å²) >= 11 is 1.09. The van der Waals surface area contributed by atoms with Crippen molar-refractivity contribution in [2.45, 2.75) is 19.8 Å². The molecule has 0 aromatic heterocycles. The quantitative estimate of drug-likeness (QED) is 0.293. The number of carbonyl (C=O) groups excluding carboxylic acids is 2. The second-order valence-corrected chi connectivity index (χ2v) is 6.61. The Bertz CT molecular complexity index is 761. The van der Waals surface area contributed by atoms with E-state index in [0.29, 0.717) is 17.7 Å². The number of rotatable bonds is 8. The molecule has 1 unspecified atom stereocenters. The minimum Gasteiger partial charge on any atom is -0.426 e. The SMILES string of the molecule is CCCC(CSC(=O)c1ccccc1)C(=O)Oc1ccc([N+](=O)[O-])cc1. The Labute approximate surface area is 155 Å². The molecule has 136 valence electrons. The number of thioether (sulfide) groups is 1. The topological polar surface area (TPSA) is 86.5 Å². The highest BCUT2D eigenvalue weighted by Crippen LogP contribution is 2.23. The lowest BCUT2D eigenvalue weighted by atomic mass is 10.1. The van der Waals surface area contributed by atoms with Crippen molar-refractivity contribution >= 4 is 28.5 Å². The lowest BCUT2D eigenvalue weighted by Crippen LogP contribution is -2.23. The Morgan fingerprint density at radius 2 is 1.77 bits per heavy atom. The lowest BCUT2D eigenvalue weighted by molar-refractivity contribution is -0.384. The molecule has 0 saturated heterocycles. The van der Waals surface area contributed by atoms with Crippen LogP contribution in [0.1, 0.15) is 30.1 Å². The maximum Gasteiger partial charge on any atom is 0.315 e. The van der Waals surface area contributed by atoms with Crippen molar-refractivity contribution in [3.05, 3.63) is 70.3 Å². The minimum absolute atomic E-state index is 0.0704. The summed E-state index contributed by atoms with van der Waals surface area (Å²) in [6, 6.07) is 14.2. The highest BCUT2D eigenvalue weighted by Gasteiger charge is 2.22. The van der Waals surface area contributed by atoms with Gasteiger partial charge in [-0.3, -0.25) is 19.7 Å². The first kappa shape index (κ1) is 19.7. The number of benzene rings is 2. The van der Waals surface area contributed by atoms with Gasteiger partial charge in [0, 0.05) is 23.4 Å². The fourth-order valence-corrected chi connectivity index (χ4v) is 3.24. The van der Waals surface area contributed by atoms with E-state index >= 15 is 0 Å². The van der Waals surface area contributed by atoms with E-state index in [-0.39, 0.29) is 16.6 Å². The van der Waals surface area contributed by atoms with Gasteiger partial charge in [0.15, 0.2) is 0 Å². The number of carbonyl (C=O) groups is 2. The van der Waals surface area contributed by atoms with Crippen molar-refractivity contribution in [3.63, 3.8) is 0 Å². The fourth-order valence-electron chi connectivity index (χ4n) is 2.29. The van der Waals surface area contributed by atoms with E-state index in [1.54, 1.807) is 24.3 Å².